The zero-order valence-corrected chi connectivity index (χ0v) is 16.3. The van der Waals surface area contributed by atoms with Crippen LogP contribution in [0.3, 0.4) is 0 Å². The minimum atomic E-state index is -0.956. The molecule has 0 fully saturated rings. The molecule has 0 unspecified atom stereocenters. The molecule has 0 atom stereocenters. The highest BCUT2D eigenvalue weighted by Gasteiger charge is 2.35. The number of benzene rings is 1. The van der Waals surface area contributed by atoms with Gasteiger partial charge in [-0.2, -0.15) is 0 Å². The topological polar surface area (TPSA) is 95.5 Å². The van der Waals surface area contributed by atoms with Gasteiger partial charge in [0, 0.05) is 24.2 Å². The smallest absolute Gasteiger partial charge is 0.311 e. The minimum absolute atomic E-state index is 0.00925. The van der Waals surface area contributed by atoms with Crippen molar-refractivity contribution in [2.45, 2.75) is 47.5 Å². The molecule has 6 heteroatoms. The number of carboxylic acids is 1. The molecule has 0 aromatic heterocycles. The molecule has 26 heavy (non-hydrogen) atoms. The van der Waals surface area contributed by atoms with Crippen LogP contribution in [-0.2, 0) is 4.79 Å². The second kappa shape index (κ2) is 8.83. The summed E-state index contributed by atoms with van der Waals surface area (Å²) in [5.74, 6) is -1.44. The molecule has 3 N–H and O–H groups in total. The first kappa shape index (κ1) is 21.7. The Morgan fingerprint density at radius 2 is 1.23 bits per heavy atom. The van der Waals surface area contributed by atoms with Crippen LogP contribution in [0.5, 0.6) is 0 Å². The van der Waals surface area contributed by atoms with Gasteiger partial charge in [0.15, 0.2) is 0 Å². The van der Waals surface area contributed by atoms with Gasteiger partial charge in [-0.15, -0.1) is 0 Å². The van der Waals surface area contributed by atoms with E-state index in [2.05, 4.69) is 10.6 Å². The third kappa shape index (κ3) is 5.86. The Morgan fingerprint density at radius 1 is 0.846 bits per heavy atom. The van der Waals surface area contributed by atoms with Gasteiger partial charge < -0.3 is 15.7 Å². The third-order valence-corrected chi connectivity index (χ3v) is 4.58. The molecule has 0 spiro atoms. The molecule has 0 aliphatic rings. The van der Waals surface area contributed by atoms with Crippen LogP contribution in [0.15, 0.2) is 24.3 Å². The summed E-state index contributed by atoms with van der Waals surface area (Å²) in [6.45, 7) is 10.3. The lowest BCUT2D eigenvalue weighted by molar-refractivity contribution is -0.149. The highest BCUT2D eigenvalue weighted by Crippen LogP contribution is 2.25. The molecule has 6 nitrogen and oxygen atoms in total. The molecule has 0 radical (unpaired) electrons. The third-order valence-electron chi connectivity index (χ3n) is 4.58. The van der Waals surface area contributed by atoms with E-state index in [-0.39, 0.29) is 23.8 Å². The number of rotatable bonds is 8. The fourth-order valence-electron chi connectivity index (χ4n) is 2.45. The van der Waals surface area contributed by atoms with Crippen LogP contribution >= 0.6 is 0 Å². The molecule has 2 amide bonds. The second-order valence-electron chi connectivity index (χ2n) is 7.80. The Kier molecular flexibility index (Phi) is 7.36. The average molecular weight is 362 g/mol. The monoisotopic (exact) mass is 362 g/mol. The van der Waals surface area contributed by atoms with E-state index < -0.39 is 11.4 Å². The molecule has 1 aromatic rings. The first-order valence-electron chi connectivity index (χ1n) is 8.94. The summed E-state index contributed by atoms with van der Waals surface area (Å²) in [4.78, 5) is 35.9. The molecule has 0 saturated carbocycles. The van der Waals surface area contributed by atoms with Crippen molar-refractivity contribution in [1.29, 1.82) is 0 Å². The fraction of sp³-hybridized carbons (Fsp3) is 0.550. The Bertz CT molecular complexity index is 641. The van der Waals surface area contributed by atoms with Crippen molar-refractivity contribution in [3.8, 4) is 0 Å². The maximum atomic E-state index is 12.3. The number of carbonyl (C=O) groups excluding carboxylic acids is 2. The normalized spacial score (nSPS) is 11.7. The van der Waals surface area contributed by atoms with E-state index in [0.717, 1.165) is 0 Å². The largest absolute Gasteiger partial charge is 0.481 e. The molecule has 1 rings (SSSR count). The highest BCUT2D eigenvalue weighted by atomic mass is 16.4. The number of carboxylic acid groups (broad SMARTS) is 1. The zero-order chi connectivity index (χ0) is 20.0. The zero-order valence-electron chi connectivity index (χ0n) is 16.3. The number of amides is 2. The van der Waals surface area contributed by atoms with E-state index >= 15 is 0 Å². The van der Waals surface area contributed by atoms with Crippen LogP contribution in [0.2, 0.25) is 0 Å². The summed E-state index contributed by atoms with van der Waals surface area (Å²) < 4.78 is 0. The lowest BCUT2D eigenvalue weighted by atomic mass is 9.82. The summed E-state index contributed by atoms with van der Waals surface area (Å²) in [6, 6.07) is 6.33. The molecule has 0 aliphatic heterocycles. The standard InChI is InChI=1S/C20H30N2O4/c1-6-20(7-2,18(25)26)13-22-17(24)15-10-8-14(9-11-15)16(23)21-12-19(3,4)5/h8-11H,6-7,12-13H2,1-5H3,(H,21,23)(H,22,24)(H,25,26). The molecule has 0 bridgehead atoms. The number of carbonyl (C=O) groups is 3. The first-order chi connectivity index (χ1) is 12.0. The number of hydrogen-bond donors (Lipinski definition) is 3. The lowest BCUT2D eigenvalue weighted by Gasteiger charge is -2.26. The summed E-state index contributed by atoms with van der Waals surface area (Å²) >= 11 is 0. The van der Waals surface area contributed by atoms with Crippen molar-refractivity contribution in [3.05, 3.63) is 35.4 Å². The Labute approximate surface area is 155 Å². The van der Waals surface area contributed by atoms with Gasteiger partial charge in [0.2, 0.25) is 0 Å². The summed E-state index contributed by atoms with van der Waals surface area (Å²) in [7, 11) is 0. The van der Waals surface area contributed by atoms with Gasteiger partial charge in [-0.1, -0.05) is 34.6 Å². The molecular formula is C20H30N2O4. The average Bonchev–Trinajstić information content (AvgIpc) is 2.60. The van der Waals surface area contributed by atoms with Gasteiger partial charge in [-0.25, -0.2) is 0 Å². The lowest BCUT2D eigenvalue weighted by Crippen LogP contribution is -2.42. The van der Waals surface area contributed by atoms with E-state index in [1.54, 1.807) is 38.1 Å². The summed E-state index contributed by atoms with van der Waals surface area (Å²) in [5, 5.41) is 15.0. The molecular weight excluding hydrogens is 332 g/mol. The van der Waals surface area contributed by atoms with E-state index in [1.165, 1.54) is 0 Å². The van der Waals surface area contributed by atoms with E-state index in [0.29, 0.717) is 30.5 Å². The van der Waals surface area contributed by atoms with Crippen molar-refractivity contribution in [2.24, 2.45) is 10.8 Å². The maximum absolute atomic E-state index is 12.3. The van der Waals surface area contributed by atoms with Crippen LogP contribution in [0.1, 0.15) is 68.2 Å². The number of hydrogen-bond acceptors (Lipinski definition) is 3. The minimum Gasteiger partial charge on any atom is -0.481 e. The molecule has 1 aromatic carbocycles. The van der Waals surface area contributed by atoms with Crippen molar-refractivity contribution >= 4 is 17.8 Å². The van der Waals surface area contributed by atoms with E-state index in [9.17, 15) is 19.5 Å². The van der Waals surface area contributed by atoms with Gasteiger partial charge >= 0.3 is 5.97 Å². The molecule has 0 heterocycles. The predicted molar refractivity (Wildman–Crippen MR) is 101 cm³/mol. The predicted octanol–water partition coefficient (Wildman–Crippen LogP) is 3.08. The van der Waals surface area contributed by atoms with Crippen molar-refractivity contribution in [3.63, 3.8) is 0 Å². The van der Waals surface area contributed by atoms with Gasteiger partial charge in [-0.05, 0) is 42.5 Å². The summed E-state index contributed by atoms with van der Waals surface area (Å²) in [6.07, 6.45) is 0.873. The Morgan fingerprint density at radius 3 is 1.54 bits per heavy atom. The van der Waals surface area contributed by atoms with Gasteiger partial charge in [-0.3, -0.25) is 14.4 Å². The van der Waals surface area contributed by atoms with Crippen LogP contribution in [0, 0.1) is 10.8 Å². The number of aliphatic carboxylic acids is 1. The van der Waals surface area contributed by atoms with Crippen LogP contribution in [0.4, 0.5) is 0 Å². The Balaban J connectivity index is 2.72. The second-order valence-corrected chi connectivity index (χ2v) is 7.80. The van der Waals surface area contributed by atoms with Gasteiger partial charge in [0.25, 0.3) is 11.8 Å². The van der Waals surface area contributed by atoms with Crippen LogP contribution in [0.25, 0.3) is 0 Å². The van der Waals surface area contributed by atoms with E-state index in [4.69, 9.17) is 0 Å². The SMILES string of the molecule is CCC(CC)(CNC(=O)c1ccc(C(=O)NCC(C)(C)C)cc1)C(=O)O. The highest BCUT2D eigenvalue weighted by molar-refractivity contribution is 5.98. The molecule has 0 saturated heterocycles. The quantitative estimate of drug-likeness (QED) is 0.662. The van der Waals surface area contributed by atoms with Gasteiger partial charge in [0.1, 0.15) is 0 Å². The van der Waals surface area contributed by atoms with Crippen LogP contribution < -0.4 is 10.6 Å². The van der Waals surface area contributed by atoms with Gasteiger partial charge in [0.05, 0.1) is 5.41 Å². The van der Waals surface area contributed by atoms with Crippen LogP contribution in [-0.4, -0.2) is 36.0 Å². The Hall–Kier alpha value is -2.37. The summed E-state index contributed by atoms with van der Waals surface area (Å²) in [5.41, 5.74) is -0.0932. The number of nitrogens with one attached hydrogen (secondary N) is 2. The maximum Gasteiger partial charge on any atom is 0.311 e. The van der Waals surface area contributed by atoms with Crippen molar-refractivity contribution in [1.82, 2.24) is 10.6 Å². The van der Waals surface area contributed by atoms with Crippen molar-refractivity contribution < 1.29 is 19.5 Å². The van der Waals surface area contributed by atoms with E-state index in [1.807, 2.05) is 20.8 Å². The fourth-order valence-corrected chi connectivity index (χ4v) is 2.45. The first-order valence-corrected chi connectivity index (χ1v) is 8.94. The molecule has 0 aliphatic carbocycles. The van der Waals surface area contributed by atoms with Crippen molar-refractivity contribution in [2.75, 3.05) is 13.1 Å². The molecule has 144 valence electrons.